The topological polar surface area (TPSA) is 51.2 Å². The third-order valence-electron chi connectivity index (χ3n) is 3.22. The van der Waals surface area contributed by atoms with E-state index in [1.165, 1.54) is 22.7 Å². The van der Waals surface area contributed by atoms with Crippen LogP contribution in [0.2, 0.25) is 0 Å². The van der Waals surface area contributed by atoms with E-state index in [4.69, 9.17) is 4.74 Å². The molecular formula is C16H14Br2N2O2S2. The molecule has 0 saturated heterocycles. The van der Waals surface area contributed by atoms with E-state index in [1.54, 1.807) is 6.07 Å². The molecule has 0 spiro atoms. The number of amides is 1. The van der Waals surface area contributed by atoms with Crippen LogP contribution in [0, 0.1) is 0 Å². The number of unbranched alkanes of at least 4 members (excludes halogenated alkanes) is 1. The van der Waals surface area contributed by atoms with Gasteiger partial charge in [0.05, 0.1) is 25.5 Å². The van der Waals surface area contributed by atoms with Crippen LogP contribution in [-0.4, -0.2) is 17.5 Å². The first-order valence-corrected chi connectivity index (χ1v) is 10.6. The lowest BCUT2D eigenvalue weighted by Crippen LogP contribution is -2.09. The van der Waals surface area contributed by atoms with Crippen LogP contribution in [0.1, 0.15) is 29.4 Å². The first-order chi connectivity index (χ1) is 11.6. The fourth-order valence-electron chi connectivity index (χ4n) is 2.00. The van der Waals surface area contributed by atoms with Crippen LogP contribution >= 0.6 is 54.5 Å². The summed E-state index contributed by atoms with van der Waals surface area (Å²) >= 11 is 9.60. The van der Waals surface area contributed by atoms with E-state index >= 15 is 0 Å². The summed E-state index contributed by atoms with van der Waals surface area (Å²) in [5, 5.41) is 3.44. The second kappa shape index (κ2) is 7.95. The van der Waals surface area contributed by atoms with E-state index in [-0.39, 0.29) is 5.91 Å². The van der Waals surface area contributed by atoms with Gasteiger partial charge in [0.1, 0.15) is 5.75 Å². The highest BCUT2D eigenvalue weighted by molar-refractivity contribution is 9.13. The lowest BCUT2D eigenvalue weighted by atomic mass is 10.3. The van der Waals surface area contributed by atoms with Gasteiger partial charge in [0.2, 0.25) is 0 Å². The second-order valence-electron chi connectivity index (χ2n) is 5.04. The molecule has 0 aliphatic carbocycles. The lowest BCUT2D eigenvalue weighted by Gasteiger charge is -2.04. The van der Waals surface area contributed by atoms with Gasteiger partial charge in [-0.05, 0) is 62.5 Å². The number of hydrogen-bond acceptors (Lipinski definition) is 5. The van der Waals surface area contributed by atoms with Gasteiger partial charge in [-0.1, -0.05) is 24.7 Å². The molecule has 0 aliphatic rings. The highest BCUT2D eigenvalue weighted by atomic mass is 79.9. The first-order valence-electron chi connectivity index (χ1n) is 7.36. The standard InChI is InChI=1S/C16H14Br2N2O2S2/c1-2-3-6-22-9-4-5-11-12(7-9)24-16(19-11)20-15(21)13-8-10(17)14(18)23-13/h4-5,7-8H,2-3,6H2,1H3,(H,19,20,21). The fraction of sp³-hybridized carbons (Fsp3) is 0.250. The Morgan fingerprint density at radius 3 is 2.83 bits per heavy atom. The Morgan fingerprint density at radius 1 is 1.29 bits per heavy atom. The van der Waals surface area contributed by atoms with Gasteiger partial charge < -0.3 is 4.74 Å². The normalized spacial score (nSPS) is 11.0. The minimum absolute atomic E-state index is 0.162. The van der Waals surface area contributed by atoms with Crippen molar-refractivity contribution in [3.05, 3.63) is 37.4 Å². The molecule has 0 radical (unpaired) electrons. The van der Waals surface area contributed by atoms with E-state index in [9.17, 15) is 4.79 Å². The molecular weight excluding hydrogens is 476 g/mol. The third-order valence-corrected chi connectivity index (χ3v) is 7.40. The number of carbonyl (C=O) groups excluding carboxylic acids is 1. The summed E-state index contributed by atoms with van der Waals surface area (Å²) in [4.78, 5) is 17.4. The van der Waals surface area contributed by atoms with Crippen LogP contribution < -0.4 is 10.1 Å². The number of fused-ring (bicyclic) bond motifs is 1. The van der Waals surface area contributed by atoms with Gasteiger partial charge >= 0.3 is 0 Å². The van der Waals surface area contributed by atoms with Gasteiger partial charge in [0.25, 0.3) is 5.91 Å². The van der Waals surface area contributed by atoms with Crippen molar-refractivity contribution in [1.29, 1.82) is 0 Å². The Bertz CT molecular complexity index is 857. The van der Waals surface area contributed by atoms with Gasteiger partial charge in [-0.2, -0.15) is 0 Å². The number of anilines is 1. The number of ether oxygens (including phenoxy) is 1. The number of nitrogens with zero attached hydrogens (tertiary/aromatic N) is 1. The van der Waals surface area contributed by atoms with E-state index in [0.29, 0.717) is 16.6 Å². The van der Waals surface area contributed by atoms with Gasteiger partial charge in [0.15, 0.2) is 5.13 Å². The maximum absolute atomic E-state index is 12.3. The van der Waals surface area contributed by atoms with Crippen molar-refractivity contribution in [3.63, 3.8) is 0 Å². The molecule has 0 saturated carbocycles. The quantitative estimate of drug-likeness (QED) is 0.412. The summed E-state index contributed by atoms with van der Waals surface area (Å²) in [6.07, 6.45) is 2.14. The summed E-state index contributed by atoms with van der Waals surface area (Å²) in [6.45, 7) is 2.85. The Kier molecular flexibility index (Phi) is 5.91. The zero-order chi connectivity index (χ0) is 17.1. The molecule has 24 heavy (non-hydrogen) atoms. The van der Waals surface area contributed by atoms with Crippen LogP contribution in [0.25, 0.3) is 10.2 Å². The molecule has 4 nitrogen and oxygen atoms in total. The van der Waals surface area contributed by atoms with Crippen molar-refractivity contribution in [3.8, 4) is 5.75 Å². The Morgan fingerprint density at radius 2 is 2.12 bits per heavy atom. The van der Waals surface area contributed by atoms with E-state index in [1.807, 2.05) is 18.2 Å². The molecule has 126 valence electrons. The summed E-state index contributed by atoms with van der Waals surface area (Å²) in [6, 6.07) is 7.59. The first kappa shape index (κ1) is 17.8. The molecule has 1 N–H and O–H groups in total. The molecule has 2 heterocycles. The summed E-state index contributed by atoms with van der Waals surface area (Å²) < 4.78 is 8.47. The highest BCUT2D eigenvalue weighted by Gasteiger charge is 2.14. The van der Waals surface area contributed by atoms with Crippen molar-refractivity contribution in [2.75, 3.05) is 11.9 Å². The zero-order valence-corrected chi connectivity index (χ0v) is 17.6. The molecule has 1 aromatic carbocycles. The number of hydrogen-bond donors (Lipinski definition) is 1. The summed E-state index contributed by atoms with van der Waals surface area (Å²) in [5.74, 6) is 0.675. The maximum atomic E-state index is 12.3. The van der Waals surface area contributed by atoms with Crippen LogP contribution in [0.15, 0.2) is 32.5 Å². The van der Waals surface area contributed by atoms with E-state index in [2.05, 4.69) is 49.1 Å². The Hall–Kier alpha value is -0.960. The molecule has 0 unspecified atom stereocenters. The average molecular weight is 490 g/mol. The number of carbonyl (C=O) groups is 1. The summed E-state index contributed by atoms with van der Waals surface area (Å²) in [7, 11) is 0. The third kappa shape index (κ3) is 4.17. The lowest BCUT2D eigenvalue weighted by molar-refractivity contribution is 0.103. The van der Waals surface area contributed by atoms with Crippen molar-refractivity contribution in [1.82, 2.24) is 4.98 Å². The van der Waals surface area contributed by atoms with Crippen LogP contribution in [0.4, 0.5) is 5.13 Å². The largest absolute Gasteiger partial charge is 0.494 e. The van der Waals surface area contributed by atoms with Crippen molar-refractivity contribution in [2.45, 2.75) is 19.8 Å². The molecule has 1 amide bonds. The van der Waals surface area contributed by atoms with Gasteiger partial charge in [-0.15, -0.1) is 11.3 Å². The number of thiazole rings is 1. The minimum Gasteiger partial charge on any atom is -0.494 e. The molecule has 0 fully saturated rings. The fourth-order valence-corrected chi connectivity index (χ4v) is 4.82. The number of halogens is 2. The Labute approximate surface area is 164 Å². The van der Waals surface area contributed by atoms with Crippen molar-refractivity contribution in [2.24, 2.45) is 0 Å². The predicted octanol–water partition coefficient (Wildman–Crippen LogP) is 6.31. The predicted molar refractivity (Wildman–Crippen MR) is 108 cm³/mol. The van der Waals surface area contributed by atoms with Gasteiger partial charge in [-0.3, -0.25) is 10.1 Å². The number of aromatic nitrogens is 1. The van der Waals surface area contributed by atoms with Crippen molar-refractivity contribution < 1.29 is 9.53 Å². The molecule has 3 aromatic rings. The molecule has 0 aliphatic heterocycles. The zero-order valence-electron chi connectivity index (χ0n) is 12.8. The number of nitrogens with one attached hydrogen (secondary N) is 1. The molecule has 0 atom stereocenters. The van der Waals surface area contributed by atoms with E-state index in [0.717, 1.165) is 37.1 Å². The number of benzene rings is 1. The van der Waals surface area contributed by atoms with Crippen LogP contribution in [-0.2, 0) is 0 Å². The smallest absolute Gasteiger partial charge is 0.267 e. The SMILES string of the molecule is CCCCOc1ccc2nc(NC(=O)c3cc(Br)c(Br)s3)sc2c1. The van der Waals surface area contributed by atoms with Gasteiger partial charge in [0, 0.05) is 4.47 Å². The average Bonchev–Trinajstić information content (AvgIpc) is 3.10. The van der Waals surface area contributed by atoms with E-state index < -0.39 is 0 Å². The van der Waals surface area contributed by atoms with Gasteiger partial charge in [-0.25, -0.2) is 4.98 Å². The summed E-state index contributed by atoms with van der Waals surface area (Å²) in [5.41, 5.74) is 0.853. The van der Waals surface area contributed by atoms with Crippen LogP contribution in [0.3, 0.4) is 0 Å². The monoisotopic (exact) mass is 488 g/mol. The second-order valence-corrected chi connectivity index (χ2v) is 9.29. The molecule has 2 aromatic heterocycles. The molecule has 8 heteroatoms. The maximum Gasteiger partial charge on any atom is 0.267 e. The molecule has 3 rings (SSSR count). The van der Waals surface area contributed by atoms with Crippen molar-refractivity contribution >= 4 is 75.8 Å². The number of rotatable bonds is 6. The molecule has 0 bridgehead atoms. The highest BCUT2D eigenvalue weighted by Crippen LogP contribution is 2.34. The minimum atomic E-state index is -0.162. The Balaban J connectivity index is 1.74. The van der Waals surface area contributed by atoms with Crippen LogP contribution in [0.5, 0.6) is 5.75 Å². The number of thiophene rings is 1.